The van der Waals surface area contributed by atoms with E-state index in [9.17, 15) is 9.90 Å². The Kier molecular flexibility index (Phi) is 6.35. The zero-order chi connectivity index (χ0) is 19.2. The highest BCUT2D eigenvalue weighted by Gasteiger charge is 2.29. The lowest BCUT2D eigenvalue weighted by molar-refractivity contribution is 0.0462. The molecule has 0 spiro atoms. The van der Waals surface area contributed by atoms with E-state index in [4.69, 9.17) is 9.47 Å². The first-order valence-corrected chi connectivity index (χ1v) is 9.47. The summed E-state index contributed by atoms with van der Waals surface area (Å²) in [7, 11) is 1.57. The number of carbonyl (C=O) groups excluding carboxylic acids is 1. The summed E-state index contributed by atoms with van der Waals surface area (Å²) < 4.78 is 10.9. The second kappa shape index (κ2) is 8.91. The Morgan fingerprint density at radius 3 is 2.48 bits per heavy atom. The highest BCUT2D eigenvalue weighted by Crippen LogP contribution is 2.32. The molecule has 5 heteroatoms. The summed E-state index contributed by atoms with van der Waals surface area (Å²) in [5.74, 6) is 1.37. The van der Waals surface area contributed by atoms with Crippen LogP contribution >= 0.6 is 0 Å². The smallest absolute Gasteiger partial charge is 0.253 e. The monoisotopic (exact) mass is 369 g/mol. The third kappa shape index (κ3) is 4.42. The Balaban J connectivity index is 1.63. The third-order valence-corrected chi connectivity index (χ3v) is 5.12. The average Bonchev–Trinajstić information content (AvgIpc) is 2.74. The Morgan fingerprint density at radius 2 is 1.85 bits per heavy atom. The molecule has 27 heavy (non-hydrogen) atoms. The second-order valence-corrected chi connectivity index (χ2v) is 6.78. The fourth-order valence-electron chi connectivity index (χ4n) is 3.60. The van der Waals surface area contributed by atoms with Crippen molar-refractivity contribution in [1.29, 1.82) is 0 Å². The molecule has 144 valence electrons. The summed E-state index contributed by atoms with van der Waals surface area (Å²) in [6, 6.07) is 15.0. The van der Waals surface area contributed by atoms with Crippen LogP contribution < -0.4 is 9.47 Å². The number of rotatable bonds is 6. The molecular formula is C22H27NO4. The Hall–Kier alpha value is -2.53. The van der Waals surface area contributed by atoms with Crippen LogP contribution in [0.25, 0.3) is 0 Å². The SMILES string of the molecule is CCOc1ccc(C(=O)N2CCC(C(O)c3ccccc3)CC2)cc1OC. The van der Waals surface area contributed by atoms with Gasteiger partial charge in [-0.3, -0.25) is 4.79 Å². The van der Waals surface area contributed by atoms with Crippen LogP contribution in [0.4, 0.5) is 0 Å². The second-order valence-electron chi connectivity index (χ2n) is 6.78. The van der Waals surface area contributed by atoms with Crippen molar-refractivity contribution in [2.24, 2.45) is 5.92 Å². The number of likely N-dealkylation sites (tertiary alicyclic amines) is 1. The lowest BCUT2D eigenvalue weighted by atomic mass is 9.87. The van der Waals surface area contributed by atoms with Crippen LogP contribution in [0.1, 0.15) is 41.8 Å². The Morgan fingerprint density at radius 1 is 1.15 bits per heavy atom. The van der Waals surface area contributed by atoms with Gasteiger partial charge in [0, 0.05) is 18.7 Å². The Bertz CT molecular complexity index is 754. The molecule has 5 nitrogen and oxygen atoms in total. The van der Waals surface area contributed by atoms with E-state index in [1.807, 2.05) is 42.2 Å². The summed E-state index contributed by atoms with van der Waals surface area (Å²) in [5, 5.41) is 10.6. The number of nitrogens with zero attached hydrogens (tertiary/aromatic N) is 1. The fourth-order valence-corrected chi connectivity index (χ4v) is 3.60. The van der Waals surface area contributed by atoms with Crippen LogP contribution in [-0.2, 0) is 0 Å². The van der Waals surface area contributed by atoms with Gasteiger partial charge in [0.2, 0.25) is 0 Å². The number of carbonyl (C=O) groups is 1. The summed E-state index contributed by atoms with van der Waals surface area (Å²) in [6.45, 7) is 3.74. The number of hydrogen-bond acceptors (Lipinski definition) is 4. The number of hydrogen-bond donors (Lipinski definition) is 1. The minimum Gasteiger partial charge on any atom is -0.493 e. The molecule has 0 bridgehead atoms. The lowest BCUT2D eigenvalue weighted by Crippen LogP contribution is -2.39. The maximum Gasteiger partial charge on any atom is 0.253 e. The Labute approximate surface area is 160 Å². The van der Waals surface area contributed by atoms with E-state index in [-0.39, 0.29) is 11.8 Å². The number of benzene rings is 2. The number of aliphatic hydroxyl groups excluding tert-OH is 1. The van der Waals surface area contributed by atoms with Gasteiger partial charge in [0.1, 0.15) is 0 Å². The fraction of sp³-hybridized carbons (Fsp3) is 0.409. The van der Waals surface area contributed by atoms with Gasteiger partial charge in [-0.25, -0.2) is 0 Å². The van der Waals surface area contributed by atoms with E-state index >= 15 is 0 Å². The van der Waals surface area contributed by atoms with E-state index < -0.39 is 6.10 Å². The predicted octanol–water partition coefficient (Wildman–Crippen LogP) is 3.68. The highest BCUT2D eigenvalue weighted by molar-refractivity contribution is 5.95. The van der Waals surface area contributed by atoms with E-state index in [0.29, 0.717) is 36.8 Å². The number of piperidine rings is 1. The van der Waals surface area contributed by atoms with E-state index in [1.165, 1.54) is 0 Å². The maximum atomic E-state index is 12.9. The number of amides is 1. The molecule has 0 saturated carbocycles. The normalized spacial score (nSPS) is 16.0. The quantitative estimate of drug-likeness (QED) is 0.844. The van der Waals surface area contributed by atoms with Crippen LogP contribution in [0.15, 0.2) is 48.5 Å². The first-order chi connectivity index (χ1) is 13.1. The van der Waals surface area contributed by atoms with Crippen molar-refractivity contribution in [1.82, 2.24) is 4.90 Å². The standard InChI is InChI=1S/C22H27NO4/c1-3-27-19-10-9-18(15-20(19)26-2)22(25)23-13-11-17(12-14-23)21(24)16-7-5-4-6-8-16/h4-10,15,17,21,24H,3,11-14H2,1-2H3. The predicted molar refractivity (Wildman–Crippen MR) is 104 cm³/mol. The lowest BCUT2D eigenvalue weighted by Gasteiger charge is -2.34. The molecule has 1 saturated heterocycles. The zero-order valence-electron chi connectivity index (χ0n) is 15.9. The molecule has 1 fully saturated rings. The summed E-state index contributed by atoms with van der Waals surface area (Å²) in [5.41, 5.74) is 1.54. The molecule has 1 atom stereocenters. The zero-order valence-corrected chi connectivity index (χ0v) is 15.9. The van der Waals surface area contributed by atoms with Gasteiger partial charge >= 0.3 is 0 Å². The van der Waals surface area contributed by atoms with Crippen LogP contribution in [0, 0.1) is 5.92 Å². The van der Waals surface area contributed by atoms with Gasteiger partial charge in [0.25, 0.3) is 5.91 Å². The van der Waals surface area contributed by atoms with Gasteiger partial charge in [0.05, 0.1) is 19.8 Å². The van der Waals surface area contributed by atoms with Crippen molar-refractivity contribution in [3.63, 3.8) is 0 Å². The molecule has 1 aliphatic heterocycles. The van der Waals surface area contributed by atoms with Gasteiger partial charge < -0.3 is 19.5 Å². The summed E-state index contributed by atoms with van der Waals surface area (Å²) >= 11 is 0. The van der Waals surface area contributed by atoms with E-state index in [0.717, 1.165) is 18.4 Å². The first-order valence-electron chi connectivity index (χ1n) is 9.47. The minimum absolute atomic E-state index is 0.0102. The number of aliphatic hydroxyl groups is 1. The van der Waals surface area contributed by atoms with Crippen molar-refractivity contribution in [3.8, 4) is 11.5 Å². The van der Waals surface area contributed by atoms with E-state index in [1.54, 1.807) is 25.3 Å². The van der Waals surface area contributed by atoms with Gasteiger partial charge in [-0.15, -0.1) is 0 Å². The molecule has 1 aliphatic rings. The van der Waals surface area contributed by atoms with Crippen LogP contribution in [0.3, 0.4) is 0 Å². The van der Waals surface area contributed by atoms with Gasteiger partial charge in [-0.05, 0) is 49.4 Å². The molecule has 3 rings (SSSR count). The van der Waals surface area contributed by atoms with Gasteiger partial charge in [0.15, 0.2) is 11.5 Å². The van der Waals surface area contributed by atoms with Gasteiger partial charge in [-0.2, -0.15) is 0 Å². The molecule has 2 aromatic carbocycles. The topological polar surface area (TPSA) is 59.0 Å². The van der Waals surface area contributed by atoms with Crippen molar-refractivity contribution in [2.45, 2.75) is 25.9 Å². The minimum atomic E-state index is -0.478. The molecule has 1 amide bonds. The summed E-state index contributed by atoms with van der Waals surface area (Å²) in [6.07, 6.45) is 1.10. The first kappa shape index (κ1) is 19.2. The maximum absolute atomic E-state index is 12.9. The van der Waals surface area contributed by atoms with Crippen molar-refractivity contribution >= 4 is 5.91 Å². The van der Waals surface area contributed by atoms with Gasteiger partial charge in [-0.1, -0.05) is 30.3 Å². The molecule has 0 radical (unpaired) electrons. The molecule has 1 unspecified atom stereocenters. The van der Waals surface area contributed by atoms with Crippen LogP contribution in [0.5, 0.6) is 11.5 Å². The average molecular weight is 369 g/mol. The number of methoxy groups -OCH3 is 1. The van der Waals surface area contributed by atoms with Crippen molar-refractivity contribution in [2.75, 3.05) is 26.8 Å². The molecule has 0 aromatic heterocycles. The molecular weight excluding hydrogens is 342 g/mol. The number of ether oxygens (including phenoxy) is 2. The molecule has 2 aromatic rings. The highest BCUT2D eigenvalue weighted by atomic mass is 16.5. The van der Waals surface area contributed by atoms with Crippen molar-refractivity contribution < 1.29 is 19.4 Å². The molecule has 0 aliphatic carbocycles. The third-order valence-electron chi connectivity index (χ3n) is 5.12. The van der Waals surface area contributed by atoms with Crippen LogP contribution in [0.2, 0.25) is 0 Å². The van der Waals surface area contributed by atoms with Crippen LogP contribution in [-0.4, -0.2) is 42.7 Å². The van der Waals surface area contributed by atoms with E-state index in [2.05, 4.69) is 0 Å². The van der Waals surface area contributed by atoms with Crippen molar-refractivity contribution in [3.05, 3.63) is 59.7 Å². The largest absolute Gasteiger partial charge is 0.493 e. The summed E-state index contributed by atoms with van der Waals surface area (Å²) in [4.78, 5) is 14.7. The molecule has 1 N–H and O–H groups in total. The molecule has 1 heterocycles.